The minimum absolute atomic E-state index is 0.0834. The second-order valence-electron chi connectivity index (χ2n) is 7.36. The number of hydrogen-bond donors (Lipinski definition) is 1. The van der Waals surface area contributed by atoms with Gasteiger partial charge in [-0.3, -0.25) is 19.8 Å². The van der Waals surface area contributed by atoms with Crippen molar-refractivity contribution < 1.29 is 19.1 Å². The third kappa shape index (κ3) is 2.41. The SMILES string of the molecule is O=C1NC(=O)C2C1C1CCC(CC3=COCO3)N1C2c1ccc(Br)cc1. The van der Waals surface area contributed by atoms with Crippen LogP contribution < -0.4 is 5.32 Å². The van der Waals surface area contributed by atoms with Gasteiger partial charge in [0.05, 0.1) is 11.8 Å². The van der Waals surface area contributed by atoms with Gasteiger partial charge in [0.25, 0.3) is 0 Å². The van der Waals surface area contributed by atoms with Gasteiger partial charge < -0.3 is 9.47 Å². The Labute approximate surface area is 159 Å². The van der Waals surface area contributed by atoms with Gasteiger partial charge >= 0.3 is 0 Å². The second-order valence-corrected chi connectivity index (χ2v) is 8.28. The highest BCUT2D eigenvalue weighted by Crippen LogP contribution is 2.54. The number of amides is 2. The van der Waals surface area contributed by atoms with Crippen LogP contribution in [-0.2, 0) is 19.1 Å². The molecule has 5 unspecified atom stereocenters. The van der Waals surface area contributed by atoms with Gasteiger partial charge in [0.1, 0.15) is 12.0 Å². The van der Waals surface area contributed by atoms with Gasteiger partial charge in [-0.15, -0.1) is 0 Å². The fraction of sp³-hybridized carbons (Fsp3) is 0.474. The molecule has 7 heteroatoms. The van der Waals surface area contributed by atoms with Crippen LogP contribution in [0, 0.1) is 11.8 Å². The number of fused-ring (bicyclic) bond motifs is 3. The highest BCUT2D eigenvalue weighted by atomic mass is 79.9. The number of hydrogen-bond acceptors (Lipinski definition) is 5. The Morgan fingerprint density at radius 3 is 2.62 bits per heavy atom. The Kier molecular flexibility index (Phi) is 3.83. The molecule has 4 aliphatic rings. The Morgan fingerprint density at radius 1 is 1.12 bits per heavy atom. The van der Waals surface area contributed by atoms with Crippen molar-refractivity contribution in [1.29, 1.82) is 0 Å². The highest BCUT2D eigenvalue weighted by molar-refractivity contribution is 9.10. The standard InChI is InChI=1S/C19H19BrN2O4/c20-11-3-1-10(2-4-11)17-16-15(18(23)21-19(16)24)14-6-5-12(22(14)17)7-13-8-25-9-26-13/h1-4,8,12,14-17H,5-7,9H2,(H,21,23,24). The molecule has 2 amide bonds. The molecular weight excluding hydrogens is 400 g/mol. The maximum Gasteiger partial charge on any atom is 0.232 e. The molecule has 1 aromatic carbocycles. The van der Waals surface area contributed by atoms with Gasteiger partial charge in [-0.05, 0) is 30.5 Å². The van der Waals surface area contributed by atoms with Crippen LogP contribution in [0.25, 0.3) is 0 Å². The van der Waals surface area contributed by atoms with Crippen molar-refractivity contribution in [2.45, 2.75) is 37.4 Å². The molecule has 0 saturated carbocycles. The zero-order valence-corrected chi connectivity index (χ0v) is 15.6. The lowest BCUT2D eigenvalue weighted by Gasteiger charge is -2.32. The molecule has 0 bridgehead atoms. The molecule has 0 spiro atoms. The van der Waals surface area contributed by atoms with Crippen LogP contribution in [0.2, 0.25) is 0 Å². The quantitative estimate of drug-likeness (QED) is 0.763. The van der Waals surface area contributed by atoms with Crippen molar-refractivity contribution >= 4 is 27.7 Å². The number of rotatable bonds is 3. The maximum atomic E-state index is 12.6. The van der Waals surface area contributed by atoms with E-state index in [9.17, 15) is 9.59 Å². The zero-order valence-electron chi connectivity index (χ0n) is 14.1. The van der Waals surface area contributed by atoms with Crippen molar-refractivity contribution in [2.75, 3.05) is 6.79 Å². The number of benzene rings is 1. The monoisotopic (exact) mass is 418 g/mol. The van der Waals surface area contributed by atoms with Gasteiger partial charge in [-0.1, -0.05) is 28.1 Å². The molecule has 4 heterocycles. The first kappa shape index (κ1) is 16.3. The topological polar surface area (TPSA) is 67.9 Å². The number of nitrogens with one attached hydrogen (secondary N) is 1. The van der Waals surface area contributed by atoms with Gasteiger partial charge in [0.2, 0.25) is 18.6 Å². The lowest BCUT2D eigenvalue weighted by atomic mass is 9.84. The number of nitrogens with zero attached hydrogens (tertiary/aromatic N) is 1. The predicted octanol–water partition coefficient (Wildman–Crippen LogP) is 2.46. The summed E-state index contributed by atoms with van der Waals surface area (Å²) >= 11 is 3.47. The molecule has 6 nitrogen and oxygen atoms in total. The van der Waals surface area contributed by atoms with E-state index in [4.69, 9.17) is 9.47 Å². The molecule has 1 N–H and O–H groups in total. The van der Waals surface area contributed by atoms with Crippen LogP contribution in [0.5, 0.6) is 0 Å². The third-order valence-corrected chi connectivity index (χ3v) is 6.62. The smallest absolute Gasteiger partial charge is 0.232 e. The van der Waals surface area contributed by atoms with Gasteiger partial charge in [0, 0.05) is 29.0 Å². The number of carbonyl (C=O) groups excluding carboxylic acids is 2. The summed E-state index contributed by atoms with van der Waals surface area (Å²) in [7, 11) is 0. The van der Waals surface area contributed by atoms with Crippen LogP contribution in [-0.4, -0.2) is 35.6 Å². The van der Waals surface area contributed by atoms with Crippen LogP contribution in [0.3, 0.4) is 0 Å². The van der Waals surface area contributed by atoms with Crippen molar-refractivity contribution in [1.82, 2.24) is 10.2 Å². The molecule has 5 rings (SSSR count). The Balaban J connectivity index is 1.53. The van der Waals surface area contributed by atoms with Crippen LogP contribution >= 0.6 is 15.9 Å². The van der Waals surface area contributed by atoms with Gasteiger partial charge in [0.15, 0.2) is 0 Å². The largest absolute Gasteiger partial charge is 0.462 e. The minimum atomic E-state index is -0.314. The Hall–Kier alpha value is -1.86. The number of carbonyl (C=O) groups is 2. The Morgan fingerprint density at radius 2 is 1.88 bits per heavy atom. The lowest BCUT2D eigenvalue weighted by molar-refractivity contribution is -0.127. The molecule has 5 atom stereocenters. The Bertz CT molecular complexity index is 793. The van der Waals surface area contributed by atoms with E-state index >= 15 is 0 Å². The van der Waals surface area contributed by atoms with Crippen LogP contribution in [0.4, 0.5) is 0 Å². The molecule has 3 fully saturated rings. The summed E-state index contributed by atoms with van der Waals surface area (Å²) in [5, 5.41) is 2.56. The summed E-state index contributed by atoms with van der Waals surface area (Å²) in [6, 6.07) is 8.35. The average Bonchev–Trinajstić information content (AvgIpc) is 3.36. The van der Waals surface area contributed by atoms with Crippen molar-refractivity contribution in [3.63, 3.8) is 0 Å². The second kappa shape index (κ2) is 6.09. The first-order valence-electron chi connectivity index (χ1n) is 8.94. The molecule has 26 heavy (non-hydrogen) atoms. The fourth-order valence-electron chi connectivity index (χ4n) is 5.14. The van der Waals surface area contributed by atoms with E-state index in [-0.39, 0.29) is 48.6 Å². The molecule has 1 aromatic rings. The van der Waals surface area contributed by atoms with Crippen LogP contribution in [0.15, 0.2) is 40.8 Å². The van der Waals surface area contributed by atoms with E-state index in [1.165, 1.54) is 0 Å². The van der Waals surface area contributed by atoms with Gasteiger partial charge in [-0.2, -0.15) is 0 Å². The first-order chi connectivity index (χ1) is 12.6. The number of halogens is 1. The van der Waals surface area contributed by atoms with E-state index in [2.05, 4.69) is 26.1 Å². The summed E-state index contributed by atoms with van der Waals surface area (Å²) in [6.07, 6.45) is 4.34. The van der Waals surface area contributed by atoms with E-state index in [1.807, 2.05) is 24.3 Å². The van der Waals surface area contributed by atoms with E-state index in [1.54, 1.807) is 6.26 Å². The average molecular weight is 419 g/mol. The van der Waals surface area contributed by atoms with Gasteiger partial charge in [-0.25, -0.2) is 0 Å². The highest BCUT2D eigenvalue weighted by Gasteiger charge is 2.62. The molecule has 0 aromatic heterocycles. The predicted molar refractivity (Wildman–Crippen MR) is 95.4 cm³/mol. The lowest BCUT2D eigenvalue weighted by Crippen LogP contribution is -2.40. The summed E-state index contributed by atoms with van der Waals surface area (Å²) in [4.78, 5) is 27.4. The third-order valence-electron chi connectivity index (χ3n) is 6.09. The van der Waals surface area contributed by atoms with Crippen molar-refractivity contribution in [3.8, 4) is 0 Å². The maximum absolute atomic E-state index is 12.6. The number of imide groups is 1. The van der Waals surface area contributed by atoms with E-state index in [0.717, 1.165) is 35.1 Å². The minimum Gasteiger partial charge on any atom is -0.462 e. The first-order valence-corrected chi connectivity index (χ1v) is 9.74. The van der Waals surface area contributed by atoms with Crippen molar-refractivity contribution in [3.05, 3.63) is 46.3 Å². The molecule has 3 saturated heterocycles. The molecular formula is C19H19BrN2O4. The van der Waals surface area contributed by atoms with E-state index < -0.39 is 0 Å². The normalized spacial score (nSPS) is 35.6. The summed E-state index contributed by atoms with van der Waals surface area (Å²) < 4.78 is 11.7. The summed E-state index contributed by atoms with van der Waals surface area (Å²) in [5.74, 6) is 0.0239. The fourth-order valence-corrected chi connectivity index (χ4v) is 5.41. The molecule has 0 aliphatic carbocycles. The summed E-state index contributed by atoms with van der Waals surface area (Å²) in [5.41, 5.74) is 1.08. The molecule has 136 valence electrons. The number of ether oxygens (including phenoxy) is 2. The van der Waals surface area contributed by atoms with E-state index in [0.29, 0.717) is 0 Å². The zero-order chi connectivity index (χ0) is 17.8. The molecule has 0 radical (unpaired) electrons. The summed E-state index contributed by atoms with van der Waals surface area (Å²) in [6.45, 7) is 0.272. The van der Waals surface area contributed by atoms with Crippen LogP contribution in [0.1, 0.15) is 30.9 Å². The molecule has 4 aliphatic heterocycles. The van der Waals surface area contributed by atoms with Crippen molar-refractivity contribution in [2.24, 2.45) is 11.8 Å².